The minimum atomic E-state index is -1.70. The van der Waals surface area contributed by atoms with Gasteiger partial charge < -0.3 is 9.33 Å². The molecule has 2 fully saturated rings. The van der Waals surface area contributed by atoms with Gasteiger partial charge in [0.1, 0.15) is 10.8 Å². The van der Waals surface area contributed by atoms with Crippen LogP contribution in [-0.2, 0) is 9.22 Å². The third-order valence-corrected chi connectivity index (χ3v) is 6.65. The first kappa shape index (κ1) is 16.0. The van der Waals surface area contributed by atoms with Crippen molar-refractivity contribution in [1.29, 1.82) is 0 Å². The minimum absolute atomic E-state index is 0.0992. The fourth-order valence-electron chi connectivity index (χ4n) is 3.00. The average Bonchev–Trinajstić information content (AvgIpc) is 2.74. The van der Waals surface area contributed by atoms with E-state index >= 15 is 0 Å². The van der Waals surface area contributed by atoms with Gasteiger partial charge in [0.25, 0.3) is 0 Å². The summed E-state index contributed by atoms with van der Waals surface area (Å²) in [6, 6.07) is 0. The number of hydrogen-bond donors (Lipinski definition) is 0. The number of thiocarbonyl (C=S) groups is 1. The first-order valence-corrected chi connectivity index (χ1v) is 11.5. The van der Waals surface area contributed by atoms with Gasteiger partial charge in [0.05, 0.1) is 17.6 Å². The molecule has 0 N–H and O–H groups in total. The highest BCUT2D eigenvalue weighted by molar-refractivity contribution is 8.04. The Morgan fingerprint density at radius 2 is 2.35 bits per heavy atom. The standard InChI is InChI=1S/C14H21NO2S2Si/c1-6-7-14(10(2)17-20(3,4)5)12(16)15-8-11(9-18)19-13(14)15/h6,10,13H,1,7-8H2,2-5H3/t10?,13-,14+/m1/s1. The van der Waals surface area contributed by atoms with Gasteiger partial charge in [0.15, 0.2) is 8.32 Å². The van der Waals surface area contributed by atoms with Crippen molar-refractivity contribution in [2.45, 2.75) is 44.5 Å². The number of amides is 1. The van der Waals surface area contributed by atoms with Gasteiger partial charge in [0.2, 0.25) is 5.91 Å². The Kier molecular flexibility index (Phi) is 4.34. The van der Waals surface area contributed by atoms with E-state index in [9.17, 15) is 4.79 Å². The molecule has 3 atom stereocenters. The van der Waals surface area contributed by atoms with Crippen molar-refractivity contribution < 1.29 is 9.22 Å². The summed E-state index contributed by atoms with van der Waals surface area (Å²) < 4.78 is 6.22. The molecular weight excluding hydrogens is 306 g/mol. The molecule has 2 saturated heterocycles. The number of allylic oxidation sites excluding steroid dienone is 1. The molecule has 0 aliphatic carbocycles. The Bertz CT molecular complexity index is 496. The van der Waals surface area contributed by atoms with E-state index in [0.29, 0.717) is 13.0 Å². The summed E-state index contributed by atoms with van der Waals surface area (Å²) in [6.45, 7) is 12.9. The van der Waals surface area contributed by atoms with E-state index in [1.165, 1.54) is 0 Å². The van der Waals surface area contributed by atoms with Crippen molar-refractivity contribution >= 4 is 43.2 Å². The Hall–Kier alpha value is -0.393. The quantitative estimate of drug-likeness (QED) is 0.336. The zero-order chi connectivity index (χ0) is 15.1. The third-order valence-electron chi connectivity index (χ3n) is 3.80. The van der Waals surface area contributed by atoms with E-state index in [1.807, 2.05) is 17.9 Å². The van der Waals surface area contributed by atoms with Crippen LogP contribution in [0, 0.1) is 5.41 Å². The van der Waals surface area contributed by atoms with Crippen molar-refractivity contribution in [3.05, 3.63) is 17.6 Å². The molecule has 1 unspecified atom stereocenters. The number of hydrogen-bond acceptors (Lipinski definition) is 4. The van der Waals surface area contributed by atoms with E-state index in [1.54, 1.807) is 11.8 Å². The van der Waals surface area contributed by atoms with E-state index in [0.717, 1.165) is 4.91 Å². The van der Waals surface area contributed by atoms with Crippen molar-refractivity contribution in [3.63, 3.8) is 0 Å². The third kappa shape index (κ3) is 2.44. The smallest absolute Gasteiger partial charge is 0.235 e. The molecule has 0 aromatic rings. The summed E-state index contributed by atoms with van der Waals surface area (Å²) in [4.78, 5) is 15.5. The maximum atomic E-state index is 12.7. The largest absolute Gasteiger partial charge is 0.414 e. The molecule has 0 aromatic heterocycles. The molecule has 2 heterocycles. The fraction of sp³-hybridized carbons (Fsp3) is 0.643. The van der Waals surface area contributed by atoms with Gasteiger partial charge in [-0.3, -0.25) is 4.79 Å². The molecule has 3 nitrogen and oxygen atoms in total. The molecule has 110 valence electrons. The zero-order valence-corrected chi connectivity index (χ0v) is 15.1. The SMILES string of the molecule is C=CC[C@]1(C(C)O[Si](C)(C)C)C(=O)N2CC(=C=S)S[C@@H]21. The first-order valence-electron chi connectivity index (χ1n) is 6.76. The van der Waals surface area contributed by atoms with Crippen LogP contribution in [0.2, 0.25) is 19.6 Å². The van der Waals surface area contributed by atoms with E-state index in [2.05, 4.69) is 31.2 Å². The number of nitrogens with zero attached hydrogens (tertiary/aromatic N) is 1. The molecular formula is C14H21NO2S2Si. The van der Waals surface area contributed by atoms with Crippen LogP contribution in [0.3, 0.4) is 0 Å². The predicted molar refractivity (Wildman–Crippen MR) is 90.3 cm³/mol. The molecule has 20 heavy (non-hydrogen) atoms. The molecule has 2 aliphatic rings. The lowest BCUT2D eigenvalue weighted by molar-refractivity contribution is -0.171. The number of carbonyl (C=O) groups excluding carboxylic acids is 1. The molecule has 2 aliphatic heterocycles. The number of fused-ring (bicyclic) bond motifs is 1. The van der Waals surface area contributed by atoms with E-state index < -0.39 is 13.7 Å². The maximum absolute atomic E-state index is 12.7. The summed E-state index contributed by atoms with van der Waals surface area (Å²) in [6.07, 6.45) is 2.38. The number of carbonyl (C=O) groups is 1. The fourth-order valence-corrected chi connectivity index (χ4v) is 5.91. The Labute approximate surface area is 131 Å². The summed E-state index contributed by atoms with van der Waals surface area (Å²) in [5.41, 5.74) is -0.485. The van der Waals surface area contributed by atoms with Crippen LogP contribution in [0.15, 0.2) is 17.6 Å². The Morgan fingerprint density at radius 3 is 2.85 bits per heavy atom. The molecule has 6 heteroatoms. The second-order valence-corrected chi connectivity index (χ2v) is 12.2. The zero-order valence-electron chi connectivity index (χ0n) is 12.4. The highest BCUT2D eigenvalue weighted by atomic mass is 32.2. The lowest BCUT2D eigenvalue weighted by Gasteiger charge is -2.55. The van der Waals surface area contributed by atoms with Crippen LogP contribution in [0.4, 0.5) is 0 Å². The Balaban J connectivity index is 2.30. The van der Waals surface area contributed by atoms with Crippen molar-refractivity contribution in [1.82, 2.24) is 4.90 Å². The van der Waals surface area contributed by atoms with Crippen LogP contribution in [0.1, 0.15) is 13.3 Å². The maximum Gasteiger partial charge on any atom is 0.235 e. The van der Waals surface area contributed by atoms with Gasteiger partial charge >= 0.3 is 0 Å². The molecule has 0 saturated carbocycles. The summed E-state index contributed by atoms with van der Waals surface area (Å²) in [5, 5.41) is 2.88. The molecule has 0 aromatic carbocycles. The van der Waals surface area contributed by atoms with Gasteiger partial charge in [-0.15, -0.1) is 6.58 Å². The van der Waals surface area contributed by atoms with Gasteiger partial charge in [-0.05, 0) is 50.2 Å². The molecule has 2 rings (SSSR count). The van der Waals surface area contributed by atoms with Crippen LogP contribution < -0.4 is 0 Å². The second kappa shape index (κ2) is 5.43. The van der Waals surface area contributed by atoms with Crippen molar-refractivity contribution in [2.75, 3.05) is 6.54 Å². The number of β-lactam (4-membered cyclic amide) rings is 1. The average molecular weight is 328 g/mol. The van der Waals surface area contributed by atoms with Crippen molar-refractivity contribution in [2.24, 2.45) is 5.41 Å². The van der Waals surface area contributed by atoms with Crippen molar-refractivity contribution in [3.8, 4) is 0 Å². The summed E-state index contributed by atoms with van der Waals surface area (Å²) in [7, 11) is -1.70. The first-order chi connectivity index (χ1) is 9.26. The molecule has 0 spiro atoms. The molecule has 0 radical (unpaired) electrons. The topological polar surface area (TPSA) is 29.5 Å². The van der Waals surface area contributed by atoms with Gasteiger partial charge in [-0.25, -0.2) is 0 Å². The van der Waals surface area contributed by atoms with Crippen LogP contribution in [0.5, 0.6) is 0 Å². The number of thioether (sulfide) groups is 1. The molecule has 1 amide bonds. The lowest BCUT2D eigenvalue weighted by Crippen LogP contribution is -2.70. The molecule has 0 bridgehead atoms. The minimum Gasteiger partial charge on any atom is -0.414 e. The lowest BCUT2D eigenvalue weighted by atomic mass is 9.71. The van der Waals surface area contributed by atoms with Crippen LogP contribution in [0.25, 0.3) is 0 Å². The van der Waals surface area contributed by atoms with Gasteiger partial charge in [-0.1, -0.05) is 17.8 Å². The number of rotatable bonds is 5. The van der Waals surface area contributed by atoms with Gasteiger partial charge in [0, 0.05) is 0 Å². The van der Waals surface area contributed by atoms with Crippen LogP contribution in [-0.4, -0.2) is 42.2 Å². The highest BCUT2D eigenvalue weighted by Gasteiger charge is 2.66. The normalized spacial score (nSPS) is 30.6. The van der Waals surface area contributed by atoms with Crippen LogP contribution >= 0.6 is 24.0 Å². The van der Waals surface area contributed by atoms with Gasteiger partial charge in [-0.2, -0.15) is 0 Å². The monoisotopic (exact) mass is 327 g/mol. The summed E-state index contributed by atoms with van der Waals surface area (Å²) in [5.74, 6) is 0.168. The van der Waals surface area contributed by atoms with E-state index in [4.69, 9.17) is 16.6 Å². The Morgan fingerprint density at radius 1 is 1.70 bits per heavy atom. The second-order valence-electron chi connectivity index (χ2n) is 6.33. The summed E-state index contributed by atoms with van der Waals surface area (Å²) >= 11 is 6.55. The van der Waals surface area contributed by atoms with E-state index in [-0.39, 0.29) is 17.4 Å². The predicted octanol–water partition coefficient (Wildman–Crippen LogP) is 3.19. The highest BCUT2D eigenvalue weighted by Crippen LogP contribution is 2.57.